The van der Waals surface area contributed by atoms with Crippen LogP contribution < -0.4 is 5.32 Å². The fourth-order valence-electron chi connectivity index (χ4n) is 2.58. The average Bonchev–Trinajstić information content (AvgIpc) is 3.25. The lowest BCUT2D eigenvalue weighted by atomic mass is 10.2. The molecule has 0 spiro atoms. The van der Waals surface area contributed by atoms with Gasteiger partial charge in [-0.15, -0.1) is 11.3 Å². The van der Waals surface area contributed by atoms with Crippen LogP contribution in [0, 0.1) is 5.53 Å². The van der Waals surface area contributed by atoms with Crippen molar-refractivity contribution in [3.05, 3.63) is 53.9 Å². The lowest BCUT2D eigenvalue weighted by Gasteiger charge is -2.08. The molecule has 2 N–H and O–H groups in total. The van der Waals surface area contributed by atoms with Crippen molar-refractivity contribution in [1.29, 1.82) is 5.53 Å². The SMILES string of the molecule is Cn1cc(-c2ccc(N=N)c(NCc3cc4cnccc4s3)n2)cn1. The molecule has 8 heteroatoms. The van der Waals surface area contributed by atoms with Crippen LogP contribution in [0.25, 0.3) is 21.3 Å². The van der Waals surface area contributed by atoms with Crippen molar-refractivity contribution in [3.8, 4) is 11.3 Å². The van der Waals surface area contributed by atoms with Gasteiger partial charge in [0, 0.05) is 46.2 Å². The third kappa shape index (κ3) is 3.11. The zero-order valence-corrected chi connectivity index (χ0v) is 14.3. The van der Waals surface area contributed by atoms with Gasteiger partial charge >= 0.3 is 0 Å². The molecule has 0 atom stereocenters. The topological polar surface area (TPSA) is 91.8 Å². The van der Waals surface area contributed by atoms with Crippen LogP contribution in [0.3, 0.4) is 0 Å². The summed E-state index contributed by atoms with van der Waals surface area (Å²) in [6.07, 6.45) is 7.33. The number of anilines is 1. The lowest BCUT2D eigenvalue weighted by Crippen LogP contribution is -2.00. The summed E-state index contributed by atoms with van der Waals surface area (Å²) >= 11 is 1.71. The highest BCUT2D eigenvalue weighted by molar-refractivity contribution is 7.19. The van der Waals surface area contributed by atoms with E-state index in [9.17, 15) is 0 Å². The van der Waals surface area contributed by atoms with E-state index >= 15 is 0 Å². The van der Waals surface area contributed by atoms with Gasteiger partial charge in [-0.3, -0.25) is 9.67 Å². The zero-order chi connectivity index (χ0) is 17.2. The fourth-order valence-corrected chi connectivity index (χ4v) is 3.55. The Kier molecular flexibility index (Phi) is 3.95. The normalized spacial score (nSPS) is 10.9. The summed E-state index contributed by atoms with van der Waals surface area (Å²) < 4.78 is 2.94. The van der Waals surface area contributed by atoms with Crippen molar-refractivity contribution in [2.24, 2.45) is 12.2 Å². The van der Waals surface area contributed by atoms with Crippen molar-refractivity contribution in [3.63, 3.8) is 0 Å². The molecule has 0 saturated heterocycles. The van der Waals surface area contributed by atoms with Crippen LogP contribution >= 0.6 is 11.3 Å². The molecule has 0 fully saturated rings. The molecule has 0 amide bonds. The minimum atomic E-state index is 0.510. The first kappa shape index (κ1) is 15.4. The highest BCUT2D eigenvalue weighted by atomic mass is 32.1. The summed E-state index contributed by atoms with van der Waals surface area (Å²) in [5.74, 6) is 0.590. The first-order chi connectivity index (χ1) is 12.2. The second kappa shape index (κ2) is 6.40. The number of nitrogens with one attached hydrogen (secondary N) is 2. The Balaban J connectivity index is 1.60. The first-order valence-corrected chi connectivity index (χ1v) is 8.48. The minimum absolute atomic E-state index is 0.510. The second-order valence-corrected chi connectivity index (χ2v) is 6.73. The molecule has 0 unspecified atom stereocenters. The van der Waals surface area contributed by atoms with Crippen molar-refractivity contribution >= 4 is 32.9 Å². The van der Waals surface area contributed by atoms with Crippen LogP contribution in [0.5, 0.6) is 0 Å². The number of aromatic nitrogens is 4. The summed E-state index contributed by atoms with van der Waals surface area (Å²) in [5, 5.41) is 12.2. The van der Waals surface area contributed by atoms with Gasteiger partial charge in [-0.25, -0.2) is 10.5 Å². The first-order valence-electron chi connectivity index (χ1n) is 7.67. The van der Waals surface area contributed by atoms with Gasteiger partial charge in [-0.05, 0) is 24.3 Å². The number of rotatable bonds is 5. The maximum atomic E-state index is 7.36. The smallest absolute Gasteiger partial charge is 0.154 e. The average molecular weight is 349 g/mol. The fraction of sp³-hybridized carbons (Fsp3) is 0.118. The highest BCUT2D eigenvalue weighted by Crippen LogP contribution is 2.29. The molecular formula is C17H15N7S. The van der Waals surface area contributed by atoms with Crippen molar-refractivity contribution in [1.82, 2.24) is 19.7 Å². The number of thiophene rings is 1. The Bertz CT molecular complexity index is 1020. The highest BCUT2D eigenvalue weighted by Gasteiger charge is 2.09. The van der Waals surface area contributed by atoms with Crippen LogP contribution in [0.1, 0.15) is 4.88 Å². The van der Waals surface area contributed by atoms with Crippen LogP contribution in [-0.2, 0) is 13.6 Å². The number of hydrogen-bond donors (Lipinski definition) is 2. The van der Waals surface area contributed by atoms with Gasteiger partial charge in [0.15, 0.2) is 5.82 Å². The summed E-state index contributed by atoms with van der Waals surface area (Å²) in [7, 11) is 1.87. The quantitative estimate of drug-likeness (QED) is 0.523. The number of pyridine rings is 2. The molecule has 0 aliphatic heterocycles. The molecule has 0 aliphatic carbocycles. The third-order valence-electron chi connectivity index (χ3n) is 3.79. The molecule has 4 heterocycles. The van der Waals surface area contributed by atoms with E-state index in [4.69, 9.17) is 5.53 Å². The van der Waals surface area contributed by atoms with E-state index in [-0.39, 0.29) is 0 Å². The molecule has 25 heavy (non-hydrogen) atoms. The molecular weight excluding hydrogens is 334 g/mol. The molecule has 0 saturated carbocycles. The van der Waals surface area contributed by atoms with Crippen LogP contribution in [0.4, 0.5) is 11.5 Å². The molecule has 0 aliphatic rings. The monoisotopic (exact) mass is 349 g/mol. The predicted molar refractivity (Wildman–Crippen MR) is 98.2 cm³/mol. The Morgan fingerprint density at radius 1 is 1.28 bits per heavy atom. The lowest BCUT2D eigenvalue weighted by molar-refractivity contribution is 0.768. The van der Waals surface area contributed by atoms with Crippen molar-refractivity contribution in [2.45, 2.75) is 6.54 Å². The summed E-state index contributed by atoms with van der Waals surface area (Å²) in [5.41, 5.74) is 9.59. The third-order valence-corrected chi connectivity index (χ3v) is 4.91. The van der Waals surface area contributed by atoms with E-state index in [1.54, 1.807) is 34.5 Å². The van der Waals surface area contributed by atoms with E-state index in [2.05, 4.69) is 31.6 Å². The van der Waals surface area contributed by atoms with Crippen LogP contribution in [0.2, 0.25) is 0 Å². The van der Waals surface area contributed by atoms with Gasteiger partial charge in [0.2, 0.25) is 0 Å². The van der Waals surface area contributed by atoms with E-state index in [1.165, 1.54) is 9.58 Å². The van der Waals surface area contributed by atoms with Gasteiger partial charge in [-0.1, -0.05) is 0 Å². The summed E-state index contributed by atoms with van der Waals surface area (Å²) in [4.78, 5) is 9.93. The zero-order valence-electron chi connectivity index (χ0n) is 13.5. The van der Waals surface area contributed by atoms with Gasteiger partial charge in [0.05, 0.1) is 18.4 Å². The summed E-state index contributed by atoms with van der Waals surface area (Å²) in [6, 6.07) is 7.76. The number of fused-ring (bicyclic) bond motifs is 1. The van der Waals surface area contributed by atoms with Crippen molar-refractivity contribution < 1.29 is 0 Å². The Labute approximate surface area is 147 Å². The van der Waals surface area contributed by atoms with Crippen LogP contribution in [-0.4, -0.2) is 19.7 Å². The standard InChI is InChI=1S/C17H15N7S/c1-24-10-12(8-21-24)14-2-3-15(23-18)17(22-14)20-9-13-6-11-7-19-5-4-16(11)25-13/h2-8,10,18H,9H2,1H3,(H,20,22). The Hall–Kier alpha value is -3.13. The summed E-state index contributed by atoms with van der Waals surface area (Å²) in [6.45, 7) is 0.616. The Morgan fingerprint density at radius 2 is 2.20 bits per heavy atom. The maximum Gasteiger partial charge on any atom is 0.154 e. The van der Waals surface area contributed by atoms with Gasteiger partial charge in [-0.2, -0.15) is 10.2 Å². The minimum Gasteiger partial charge on any atom is -0.363 e. The maximum absolute atomic E-state index is 7.36. The van der Waals surface area contributed by atoms with Gasteiger partial charge < -0.3 is 5.32 Å². The second-order valence-electron chi connectivity index (χ2n) is 5.56. The predicted octanol–water partition coefficient (Wildman–Crippen LogP) is 4.37. The molecule has 4 aromatic rings. The number of hydrogen-bond acceptors (Lipinski definition) is 7. The molecule has 4 rings (SSSR count). The molecule has 0 radical (unpaired) electrons. The molecule has 0 bridgehead atoms. The van der Waals surface area contributed by atoms with E-state index < -0.39 is 0 Å². The van der Waals surface area contributed by atoms with E-state index in [0.717, 1.165) is 16.6 Å². The molecule has 0 aromatic carbocycles. The molecule has 4 aromatic heterocycles. The van der Waals surface area contributed by atoms with E-state index in [1.807, 2.05) is 31.6 Å². The largest absolute Gasteiger partial charge is 0.363 e. The molecule has 124 valence electrons. The number of nitrogens with zero attached hydrogens (tertiary/aromatic N) is 5. The Morgan fingerprint density at radius 3 is 2.96 bits per heavy atom. The van der Waals surface area contributed by atoms with Crippen molar-refractivity contribution in [2.75, 3.05) is 5.32 Å². The van der Waals surface area contributed by atoms with Gasteiger partial charge in [0.1, 0.15) is 5.69 Å². The van der Waals surface area contributed by atoms with E-state index in [0.29, 0.717) is 18.1 Å². The number of aryl methyl sites for hydroxylation is 1. The van der Waals surface area contributed by atoms with Crippen LogP contribution in [0.15, 0.2) is 54.2 Å². The van der Waals surface area contributed by atoms with Gasteiger partial charge in [0.25, 0.3) is 0 Å². The molecule has 7 nitrogen and oxygen atoms in total.